The van der Waals surface area contributed by atoms with E-state index in [0.717, 1.165) is 28.0 Å². The summed E-state index contributed by atoms with van der Waals surface area (Å²) in [6.45, 7) is 4.36. The number of benzene rings is 2. The summed E-state index contributed by atoms with van der Waals surface area (Å²) in [4.78, 5) is 13.8. The van der Waals surface area contributed by atoms with Crippen LogP contribution < -0.4 is 10.1 Å². The Labute approximate surface area is 150 Å². The molecule has 7 heteroatoms. The molecule has 2 N–H and O–H groups in total. The van der Waals surface area contributed by atoms with Gasteiger partial charge >= 0.3 is 0 Å². The van der Waals surface area contributed by atoms with Crippen molar-refractivity contribution in [1.29, 1.82) is 0 Å². The van der Waals surface area contributed by atoms with E-state index in [9.17, 15) is 0 Å². The van der Waals surface area contributed by atoms with E-state index in [1.807, 2.05) is 62.4 Å². The van der Waals surface area contributed by atoms with Gasteiger partial charge in [0.25, 0.3) is 0 Å². The number of anilines is 2. The van der Waals surface area contributed by atoms with Crippen molar-refractivity contribution in [1.82, 2.24) is 25.1 Å². The molecule has 7 nitrogen and oxygen atoms in total. The fourth-order valence-corrected chi connectivity index (χ4v) is 2.71. The lowest BCUT2D eigenvalue weighted by atomic mass is 10.1. The van der Waals surface area contributed by atoms with Gasteiger partial charge in [-0.3, -0.25) is 5.10 Å². The van der Waals surface area contributed by atoms with Crippen molar-refractivity contribution >= 4 is 22.7 Å². The maximum atomic E-state index is 5.76. The summed E-state index contributed by atoms with van der Waals surface area (Å²) in [7, 11) is 0. The van der Waals surface area contributed by atoms with E-state index in [1.54, 1.807) is 0 Å². The predicted octanol–water partition coefficient (Wildman–Crippen LogP) is 3.87. The summed E-state index contributed by atoms with van der Waals surface area (Å²) in [6, 6.07) is 15.6. The Hall–Kier alpha value is -3.48. The number of hydrogen-bond acceptors (Lipinski definition) is 6. The Bertz CT molecular complexity index is 1040. The van der Waals surface area contributed by atoms with Crippen molar-refractivity contribution in [2.75, 3.05) is 11.9 Å². The van der Waals surface area contributed by atoms with E-state index in [1.165, 1.54) is 0 Å². The first-order valence-corrected chi connectivity index (χ1v) is 8.39. The molecule has 0 aliphatic carbocycles. The molecule has 2 aromatic carbocycles. The van der Waals surface area contributed by atoms with Crippen molar-refractivity contribution in [3.05, 3.63) is 54.4 Å². The first-order chi connectivity index (χ1) is 12.7. The van der Waals surface area contributed by atoms with Crippen LogP contribution in [0.2, 0.25) is 0 Å². The molecular formula is C19H18N6O. The van der Waals surface area contributed by atoms with Crippen LogP contribution >= 0.6 is 0 Å². The molecule has 0 amide bonds. The van der Waals surface area contributed by atoms with E-state index < -0.39 is 0 Å². The van der Waals surface area contributed by atoms with Crippen molar-refractivity contribution in [3.8, 4) is 17.1 Å². The first kappa shape index (κ1) is 16.0. The number of rotatable bonds is 5. The minimum atomic E-state index is 0.461. The minimum absolute atomic E-state index is 0.461. The second kappa shape index (κ2) is 6.79. The van der Waals surface area contributed by atoms with E-state index in [-0.39, 0.29) is 0 Å². The molecule has 26 heavy (non-hydrogen) atoms. The van der Waals surface area contributed by atoms with Crippen molar-refractivity contribution < 1.29 is 4.74 Å². The molecule has 0 saturated carbocycles. The monoisotopic (exact) mass is 346 g/mol. The lowest BCUT2D eigenvalue weighted by molar-refractivity contribution is 0.343. The predicted molar refractivity (Wildman–Crippen MR) is 101 cm³/mol. The molecule has 130 valence electrons. The highest BCUT2D eigenvalue weighted by Crippen LogP contribution is 2.31. The van der Waals surface area contributed by atoms with Gasteiger partial charge in [0.2, 0.25) is 5.95 Å². The normalized spacial score (nSPS) is 10.8. The van der Waals surface area contributed by atoms with Crippen LogP contribution in [-0.2, 0) is 0 Å². The molecule has 0 aliphatic rings. The fraction of sp³-hybridized carbons (Fsp3) is 0.158. The number of hydrogen-bond donors (Lipinski definition) is 2. The molecule has 2 heterocycles. The zero-order chi connectivity index (χ0) is 17.9. The lowest BCUT2D eigenvalue weighted by Crippen LogP contribution is -2.02. The highest BCUT2D eigenvalue weighted by atomic mass is 16.5. The number of aromatic nitrogens is 5. The summed E-state index contributed by atoms with van der Waals surface area (Å²) in [5.74, 6) is 3.15. The maximum Gasteiger partial charge on any atom is 0.247 e. The molecule has 0 bridgehead atoms. The van der Waals surface area contributed by atoms with Gasteiger partial charge < -0.3 is 10.1 Å². The molecule has 4 rings (SSSR count). The number of para-hydroxylation sites is 1. The third-order valence-corrected chi connectivity index (χ3v) is 3.85. The highest BCUT2D eigenvalue weighted by Gasteiger charge is 2.14. The van der Waals surface area contributed by atoms with Crippen LogP contribution in [-0.4, -0.2) is 31.8 Å². The van der Waals surface area contributed by atoms with Gasteiger partial charge in [0.15, 0.2) is 5.82 Å². The van der Waals surface area contributed by atoms with E-state index in [0.29, 0.717) is 24.2 Å². The molecule has 0 aliphatic heterocycles. The smallest absolute Gasteiger partial charge is 0.247 e. The van der Waals surface area contributed by atoms with Gasteiger partial charge in [-0.15, -0.1) is 5.10 Å². The molecule has 0 fully saturated rings. The topological polar surface area (TPSA) is 88.6 Å². The average molecular weight is 346 g/mol. The van der Waals surface area contributed by atoms with Crippen LogP contribution in [0.4, 0.5) is 11.8 Å². The van der Waals surface area contributed by atoms with Crippen LogP contribution in [0.5, 0.6) is 5.75 Å². The van der Waals surface area contributed by atoms with Crippen LogP contribution in [0.25, 0.3) is 22.3 Å². The second-order valence-electron chi connectivity index (χ2n) is 5.72. The van der Waals surface area contributed by atoms with E-state index in [4.69, 9.17) is 14.7 Å². The van der Waals surface area contributed by atoms with Crippen molar-refractivity contribution in [3.63, 3.8) is 0 Å². The summed E-state index contributed by atoms with van der Waals surface area (Å²) in [6.07, 6.45) is 0. The van der Waals surface area contributed by atoms with Gasteiger partial charge in [-0.2, -0.15) is 4.98 Å². The highest BCUT2D eigenvalue weighted by molar-refractivity contribution is 5.95. The second-order valence-corrected chi connectivity index (χ2v) is 5.72. The van der Waals surface area contributed by atoms with Crippen molar-refractivity contribution in [2.45, 2.75) is 13.8 Å². The molecule has 0 radical (unpaired) electrons. The van der Waals surface area contributed by atoms with Crippen LogP contribution in [0.1, 0.15) is 12.7 Å². The number of H-pyrrole nitrogens is 1. The van der Waals surface area contributed by atoms with Crippen LogP contribution in [0, 0.1) is 6.92 Å². The third kappa shape index (κ3) is 3.06. The molecule has 0 spiro atoms. The number of aromatic amines is 1. The van der Waals surface area contributed by atoms with E-state index >= 15 is 0 Å². The number of fused-ring (bicyclic) bond motifs is 1. The van der Waals surface area contributed by atoms with Gasteiger partial charge in [-0.05, 0) is 26.0 Å². The standard InChI is InChI=1S/C19H18N6O/c1-3-26-15-11-7-10-14-16(15)21-17(13-8-5-4-6-9-13)22-18(14)23-19-20-12(2)24-25-19/h4-11H,3H2,1-2H3,(H2,20,21,22,23,24,25). The van der Waals surface area contributed by atoms with Crippen molar-refractivity contribution in [2.24, 2.45) is 0 Å². The largest absolute Gasteiger partial charge is 0.492 e. The Morgan fingerprint density at radius 1 is 1.00 bits per heavy atom. The minimum Gasteiger partial charge on any atom is -0.492 e. The summed E-state index contributed by atoms with van der Waals surface area (Å²) in [5.41, 5.74) is 1.67. The molecule has 0 atom stereocenters. The maximum absolute atomic E-state index is 5.76. The van der Waals surface area contributed by atoms with Gasteiger partial charge in [-0.1, -0.05) is 36.4 Å². The fourth-order valence-electron chi connectivity index (χ4n) is 2.71. The zero-order valence-electron chi connectivity index (χ0n) is 14.5. The first-order valence-electron chi connectivity index (χ1n) is 8.39. The average Bonchev–Trinajstić information content (AvgIpc) is 3.08. The molecular weight excluding hydrogens is 328 g/mol. The Kier molecular flexibility index (Phi) is 4.18. The van der Waals surface area contributed by atoms with Gasteiger partial charge in [0.1, 0.15) is 22.9 Å². The van der Waals surface area contributed by atoms with Gasteiger partial charge in [0.05, 0.1) is 6.61 Å². The number of nitrogens with one attached hydrogen (secondary N) is 2. The van der Waals surface area contributed by atoms with Crippen LogP contribution in [0.15, 0.2) is 48.5 Å². The Morgan fingerprint density at radius 2 is 1.85 bits per heavy atom. The Balaban J connectivity index is 1.91. The number of aryl methyl sites for hydroxylation is 1. The lowest BCUT2D eigenvalue weighted by Gasteiger charge is -2.12. The quantitative estimate of drug-likeness (QED) is 0.570. The summed E-state index contributed by atoms with van der Waals surface area (Å²) < 4.78 is 5.76. The SMILES string of the molecule is CCOc1cccc2c(Nc3n[nH]c(C)n3)nc(-c3ccccc3)nc12. The number of nitrogens with zero attached hydrogens (tertiary/aromatic N) is 4. The van der Waals surface area contributed by atoms with Crippen LogP contribution in [0.3, 0.4) is 0 Å². The Morgan fingerprint density at radius 3 is 2.58 bits per heavy atom. The third-order valence-electron chi connectivity index (χ3n) is 3.85. The summed E-state index contributed by atoms with van der Waals surface area (Å²) >= 11 is 0. The summed E-state index contributed by atoms with van der Waals surface area (Å²) in [5, 5.41) is 11.0. The molecule has 4 aromatic rings. The van der Waals surface area contributed by atoms with Gasteiger partial charge in [-0.25, -0.2) is 9.97 Å². The number of ether oxygens (including phenoxy) is 1. The van der Waals surface area contributed by atoms with E-state index in [2.05, 4.69) is 20.5 Å². The zero-order valence-corrected chi connectivity index (χ0v) is 14.5. The molecule has 0 saturated heterocycles. The van der Waals surface area contributed by atoms with Gasteiger partial charge in [0, 0.05) is 10.9 Å². The molecule has 2 aromatic heterocycles. The molecule has 0 unspecified atom stereocenters.